The predicted octanol–water partition coefficient (Wildman–Crippen LogP) is 3.45. The third-order valence-corrected chi connectivity index (χ3v) is 3.13. The number of aryl methyl sites for hydroxylation is 3. The fourth-order valence-corrected chi connectivity index (χ4v) is 2.03. The molecule has 3 N–H and O–H groups in total. The minimum atomic E-state index is -0.130. The third-order valence-electron chi connectivity index (χ3n) is 3.13. The number of nitrogen functional groups attached to an aromatic ring is 1. The van der Waals surface area contributed by atoms with E-state index < -0.39 is 0 Å². The Hall–Kier alpha value is -2.29. The number of nitrogens with two attached hydrogens (primary N) is 1. The molecule has 0 aliphatic heterocycles. The number of hydrogen-bond acceptors (Lipinski definition) is 2. The summed E-state index contributed by atoms with van der Waals surface area (Å²) in [6, 6.07) is 11.4. The summed E-state index contributed by atoms with van der Waals surface area (Å²) in [5.74, 6) is -0.130. The molecule has 19 heavy (non-hydrogen) atoms. The summed E-state index contributed by atoms with van der Waals surface area (Å²) < 4.78 is 0. The summed E-state index contributed by atoms with van der Waals surface area (Å²) >= 11 is 0. The molecule has 0 atom stereocenters. The van der Waals surface area contributed by atoms with Crippen LogP contribution in [0.5, 0.6) is 0 Å². The number of carbonyl (C=O) groups excluding carboxylic acids is 1. The van der Waals surface area contributed by atoms with Gasteiger partial charge in [-0.1, -0.05) is 18.2 Å². The van der Waals surface area contributed by atoms with Gasteiger partial charge in [0.2, 0.25) is 0 Å². The average molecular weight is 254 g/mol. The molecule has 2 rings (SSSR count). The van der Waals surface area contributed by atoms with Crippen molar-refractivity contribution in [1.29, 1.82) is 0 Å². The van der Waals surface area contributed by atoms with E-state index in [-0.39, 0.29) is 5.91 Å². The van der Waals surface area contributed by atoms with Gasteiger partial charge in [-0.05, 0) is 55.7 Å². The van der Waals surface area contributed by atoms with E-state index in [1.54, 1.807) is 6.07 Å². The number of amides is 1. The van der Waals surface area contributed by atoms with Crippen molar-refractivity contribution in [3.63, 3.8) is 0 Å². The Balaban J connectivity index is 2.28. The normalized spacial score (nSPS) is 10.3. The summed E-state index contributed by atoms with van der Waals surface area (Å²) in [6.07, 6.45) is 0. The van der Waals surface area contributed by atoms with E-state index in [4.69, 9.17) is 5.73 Å². The van der Waals surface area contributed by atoms with Crippen molar-refractivity contribution in [1.82, 2.24) is 0 Å². The summed E-state index contributed by atoms with van der Waals surface area (Å²) in [5.41, 5.74) is 10.9. The number of anilines is 2. The molecule has 0 radical (unpaired) electrons. The van der Waals surface area contributed by atoms with Gasteiger partial charge in [-0.25, -0.2) is 0 Å². The van der Waals surface area contributed by atoms with Crippen LogP contribution in [0.1, 0.15) is 27.0 Å². The predicted molar refractivity (Wildman–Crippen MR) is 79.5 cm³/mol. The van der Waals surface area contributed by atoms with Gasteiger partial charge in [0.25, 0.3) is 5.91 Å². The second kappa shape index (κ2) is 5.14. The Morgan fingerprint density at radius 3 is 2.47 bits per heavy atom. The quantitative estimate of drug-likeness (QED) is 0.806. The maximum atomic E-state index is 12.2. The first-order valence-corrected chi connectivity index (χ1v) is 6.22. The van der Waals surface area contributed by atoms with Gasteiger partial charge in [0.1, 0.15) is 0 Å². The number of rotatable bonds is 2. The highest BCUT2D eigenvalue weighted by atomic mass is 16.1. The van der Waals surface area contributed by atoms with Crippen LogP contribution in [0.2, 0.25) is 0 Å². The number of nitrogens with one attached hydrogen (secondary N) is 1. The molecule has 3 heteroatoms. The zero-order valence-corrected chi connectivity index (χ0v) is 11.4. The van der Waals surface area contributed by atoms with Gasteiger partial charge >= 0.3 is 0 Å². The molecule has 2 aromatic carbocycles. The van der Waals surface area contributed by atoms with Crippen LogP contribution in [-0.4, -0.2) is 5.91 Å². The summed E-state index contributed by atoms with van der Waals surface area (Å²) in [7, 11) is 0. The van der Waals surface area contributed by atoms with Crippen molar-refractivity contribution in [2.75, 3.05) is 11.1 Å². The Morgan fingerprint density at radius 2 is 1.79 bits per heavy atom. The molecular weight excluding hydrogens is 236 g/mol. The first-order chi connectivity index (χ1) is 8.97. The molecule has 2 aromatic rings. The van der Waals surface area contributed by atoms with Gasteiger partial charge in [-0.2, -0.15) is 0 Å². The van der Waals surface area contributed by atoms with Crippen molar-refractivity contribution in [2.24, 2.45) is 0 Å². The molecular formula is C16H18N2O. The topological polar surface area (TPSA) is 55.1 Å². The summed E-state index contributed by atoms with van der Waals surface area (Å²) in [6.45, 7) is 5.84. The zero-order valence-electron chi connectivity index (χ0n) is 11.4. The highest BCUT2D eigenvalue weighted by Crippen LogP contribution is 2.19. The molecule has 0 aliphatic carbocycles. The monoisotopic (exact) mass is 254 g/mol. The minimum absolute atomic E-state index is 0.130. The van der Waals surface area contributed by atoms with Crippen LogP contribution in [-0.2, 0) is 0 Å². The van der Waals surface area contributed by atoms with Gasteiger partial charge in [-0.15, -0.1) is 0 Å². The number of hydrogen-bond donors (Lipinski definition) is 2. The average Bonchev–Trinajstić information content (AvgIpc) is 2.33. The molecule has 0 spiro atoms. The fraction of sp³-hybridized carbons (Fsp3) is 0.188. The fourth-order valence-electron chi connectivity index (χ4n) is 2.03. The molecule has 1 amide bonds. The van der Waals surface area contributed by atoms with E-state index in [0.717, 1.165) is 22.4 Å². The van der Waals surface area contributed by atoms with Crippen molar-refractivity contribution in [3.05, 3.63) is 58.7 Å². The Kier molecular flexibility index (Phi) is 3.56. The first-order valence-electron chi connectivity index (χ1n) is 6.22. The molecule has 98 valence electrons. The standard InChI is InChI=1S/C16H18N2O/c1-10-5-4-6-13(7-10)18-16(19)14-9-15(17)12(3)8-11(14)2/h4-9H,17H2,1-3H3,(H,18,19). The van der Waals surface area contributed by atoms with Crippen LogP contribution in [0.3, 0.4) is 0 Å². The van der Waals surface area contributed by atoms with Gasteiger partial charge in [0, 0.05) is 16.9 Å². The van der Waals surface area contributed by atoms with Crippen molar-refractivity contribution in [3.8, 4) is 0 Å². The molecule has 0 saturated carbocycles. The molecule has 0 fully saturated rings. The Morgan fingerprint density at radius 1 is 1.05 bits per heavy atom. The number of carbonyl (C=O) groups is 1. The molecule has 0 heterocycles. The Labute approximate surface area is 113 Å². The van der Waals surface area contributed by atoms with Gasteiger partial charge in [-0.3, -0.25) is 4.79 Å². The van der Waals surface area contributed by atoms with Crippen LogP contribution in [0, 0.1) is 20.8 Å². The van der Waals surface area contributed by atoms with Gasteiger partial charge < -0.3 is 11.1 Å². The Bertz CT molecular complexity index is 633. The highest BCUT2D eigenvalue weighted by Gasteiger charge is 2.11. The van der Waals surface area contributed by atoms with E-state index in [1.165, 1.54) is 0 Å². The van der Waals surface area contributed by atoms with Crippen LogP contribution < -0.4 is 11.1 Å². The second-order valence-electron chi connectivity index (χ2n) is 4.85. The lowest BCUT2D eigenvalue weighted by atomic mass is 10.0. The molecule has 0 unspecified atom stereocenters. The lowest BCUT2D eigenvalue weighted by Gasteiger charge is -2.10. The maximum absolute atomic E-state index is 12.2. The molecule has 0 bridgehead atoms. The van der Waals surface area contributed by atoms with Gasteiger partial charge in [0.15, 0.2) is 0 Å². The molecule has 0 saturated heterocycles. The van der Waals surface area contributed by atoms with Crippen molar-refractivity contribution in [2.45, 2.75) is 20.8 Å². The highest BCUT2D eigenvalue weighted by molar-refractivity contribution is 6.06. The van der Waals surface area contributed by atoms with Crippen LogP contribution in [0.25, 0.3) is 0 Å². The summed E-state index contributed by atoms with van der Waals surface area (Å²) in [5, 5.41) is 2.89. The van der Waals surface area contributed by atoms with E-state index in [2.05, 4.69) is 5.32 Å². The lowest BCUT2D eigenvalue weighted by Crippen LogP contribution is -2.14. The van der Waals surface area contributed by atoms with E-state index >= 15 is 0 Å². The van der Waals surface area contributed by atoms with E-state index in [9.17, 15) is 4.79 Å². The van der Waals surface area contributed by atoms with Crippen LogP contribution in [0.15, 0.2) is 36.4 Å². The second-order valence-corrected chi connectivity index (χ2v) is 4.85. The number of benzene rings is 2. The largest absolute Gasteiger partial charge is 0.398 e. The maximum Gasteiger partial charge on any atom is 0.256 e. The van der Waals surface area contributed by atoms with Crippen LogP contribution >= 0.6 is 0 Å². The SMILES string of the molecule is Cc1cccc(NC(=O)c2cc(N)c(C)cc2C)c1. The van der Waals surface area contributed by atoms with Crippen molar-refractivity contribution < 1.29 is 4.79 Å². The first kappa shape index (κ1) is 13.1. The molecule has 0 aromatic heterocycles. The minimum Gasteiger partial charge on any atom is -0.398 e. The molecule has 0 aliphatic rings. The van der Waals surface area contributed by atoms with E-state index in [1.807, 2.05) is 51.1 Å². The van der Waals surface area contributed by atoms with Gasteiger partial charge in [0.05, 0.1) is 0 Å². The van der Waals surface area contributed by atoms with Crippen molar-refractivity contribution >= 4 is 17.3 Å². The van der Waals surface area contributed by atoms with Crippen LogP contribution in [0.4, 0.5) is 11.4 Å². The third kappa shape index (κ3) is 2.94. The van der Waals surface area contributed by atoms with E-state index in [0.29, 0.717) is 11.3 Å². The summed E-state index contributed by atoms with van der Waals surface area (Å²) in [4.78, 5) is 12.2. The molecule has 3 nitrogen and oxygen atoms in total. The lowest BCUT2D eigenvalue weighted by molar-refractivity contribution is 0.102. The smallest absolute Gasteiger partial charge is 0.256 e. The zero-order chi connectivity index (χ0) is 14.0.